The molecule has 0 atom stereocenters. The van der Waals surface area contributed by atoms with Crippen LogP contribution in [-0.2, 0) is 16.0 Å². The summed E-state index contributed by atoms with van der Waals surface area (Å²) in [5.41, 5.74) is 1.43. The highest BCUT2D eigenvalue weighted by Crippen LogP contribution is 2.11. The average Bonchev–Trinajstić information content (AvgIpc) is 2.38. The number of pyridine rings is 1. The summed E-state index contributed by atoms with van der Waals surface area (Å²) >= 11 is 0. The minimum atomic E-state index is -0.409. The van der Waals surface area contributed by atoms with Crippen LogP contribution < -0.4 is 5.56 Å². The molecule has 0 bridgehead atoms. The smallest absolute Gasteiger partial charge is 0.311 e. The van der Waals surface area contributed by atoms with Crippen molar-refractivity contribution in [2.75, 3.05) is 6.61 Å². The lowest BCUT2D eigenvalue weighted by molar-refractivity contribution is -0.142. The molecule has 1 N–H and O–H groups in total. The summed E-state index contributed by atoms with van der Waals surface area (Å²) in [5.74, 6) is -0.0609. The fourth-order valence-electron chi connectivity index (χ4n) is 1.75. The first kappa shape index (κ1) is 13.9. The second kappa shape index (κ2) is 6.10. The molecule has 6 nitrogen and oxygen atoms in total. The van der Waals surface area contributed by atoms with Crippen molar-refractivity contribution in [3.63, 3.8) is 0 Å². The number of aryl methyl sites for hydroxylation is 1. The first-order valence-corrected chi connectivity index (χ1v) is 6.28. The van der Waals surface area contributed by atoms with Crippen LogP contribution in [0.2, 0.25) is 0 Å². The summed E-state index contributed by atoms with van der Waals surface area (Å²) in [5, 5.41) is 0. The SMILES string of the molecule is CCOC(=O)Cc1cc(=O)[nH]c(-c2cccc(C)n2)n1. The van der Waals surface area contributed by atoms with E-state index in [-0.39, 0.29) is 12.0 Å². The van der Waals surface area contributed by atoms with Crippen LogP contribution in [0.4, 0.5) is 0 Å². The van der Waals surface area contributed by atoms with Gasteiger partial charge in [-0.25, -0.2) is 9.97 Å². The van der Waals surface area contributed by atoms with Gasteiger partial charge in [-0.15, -0.1) is 0 Å². The molecule has 2 aromatic rings. The third-order valence-electron chi connectivity index (χ3n) is 2.56. The third-order valence-corrected chi connectivity index (χ3v) is 2.56. The zero-order valence-corrected chi connectivity index (χ0v) is 11.3. The van der Waals surface area contributed by atoms with Gasteiger partial charge in [0.2, 0.25) is 0 Å². The largest absolute Gasteiger partial charge is 0.466 e. The molecule has 0 aliphatic rings. The Kier molecular flexibility index (Phi) is 4.24. The maximum absolute atomic E-state index is 11.6. The minimum Gasteiger partial charge on any atom is -0.466 e. The Labute approximate surface area is 115 Å². The maximum atomic E-state index is 11.6. The molecule has 0 aromatic carbocycles. The number of hydrogen-bond donors (Lipinski definition) is 1. The van der Waals surface area contributed by atoms with Crippen LogP contribution in [0.25, 0.3) is 11.5 Å². The number of carbonyl (C=O) groups excluding carboxylic acids is 1. The summed E-state index contributed by atoms with van der Waals surface area (Å²) in [7, 11) is 0. The summed E-state index contributed by atoms with van der Waals surface area (Å²) in [4.78, 5) is 34.2. The van der Waals surface area contributed by atoms with E-state index in [1.54, 1.807) is 13.0 Å². The van der Waals surface area contributed by atoms with E-state index in [1.165, 1.54) is 6.07 Å². The zero-order chi connectivity index (χ0) is 14.5. The Morgan fingerprint density at radius 1 is 1.35 bits per heavy atom. The second-order valence-corrected chi connectivity index (χ2v) is 4.23. The lowest BCUT2D eigenvalue weighted by Crippen LogP contribution is -2.15. The number of ether oxygens (including phenoxy) is 1. The average molecular weight is 273 g/mol. The van der Waals surface area contributed by atoms with Crippen molar-refractivity contribution in [2.24, 2.45) is 0 Å². The van der Waals surface area contributed by atoms with E-state index in [4.69, 9.17) is 4.74 Å². The number of H-pyrrole nitrogens is 1. The molecule has 0 spiro atoms. The number of carbonyl (C=O) groups is 1. The van der Waals surface area contributed by atoms with Gasteiger partial charge in [-0.1, -0.05) is 6.07 Å². The molecule has 0 aliphatic heterocycles. The maximum Gasteiger partial charge on any atom is 0.311 e. The Bertz CT molecular complexity index is 679. The van der Waals surface area contributed by atoms with Crippen molar-refractivity contribution in [1.29, 1.82) is 0 Å². The van der Waals surface area contributed by atoms with Gasteiger partial charge in [-0.3, -0.25) is 9.59 Å². The zero-order valence-electron chi connectivity index (χ0n) is 11.3. The first-order chi connectivity index (χ1) is 9.58. The Morgan fingerprint density at radius 3 is 2.85 bits per heavy atom. The molecule has 104 valence electrons. The van der Waals surface area contributed by atoms with Crippen LogP contribution in [0.1, 0.15) is 18.3 Å². The van der Waals surface area contributed by atoms with Gasteiger partial charge in [0.25, 0.3) is 5.56 Å². The summed E-state index contributed by atoms with van der Waals surface area (Å²) in [6, 6.07) is 6.72. The number of aromatic nitrogens is 3. The third kappa shape index (κ3) is 3.50. The van der Waals surface area contributed by atoms with Crippen molar-refractivity contribution in [3.05, 3.63) is 46.0 Å². The highest BCUT2D eigenvalue weighted by atomic mass is 16.5. The number of aromatic amines is 1. The minimum absolute atomic E-state index is 0.0312. The number of esters is 1. The van der Waals surface area contributed by atoms with Gasteiger partial charge in [-0.05, 0) is 26.0 Å². The molecule has 2 heterocycles. The van der Waals surface area contributed by atoms with Gasteiger partial charge < -0.3 is 9.72 Å². The summed E-state index contributed by atoms with van der Waals surface area (Å²) in [6.45, 7) is 3.88. The molecule has 0 saturated carbocycles. The molecule has 0 fully saturated rings. The van der Waals surface area contributed by atoms with Crippen LogP contribution in [-0.4, -0.2) is 27.5 Å². The normalized spacial score (nSPS) is 10.3. The lowest BCUT2D eigenvalue weighted by Gasteiger charge is -2.04. The fourth-order valence-corrected chi connectivity index (χ4v) is 1.75. The molecule has 0 amide bonds. The molecule has 0 radical (unpaired) electrons. The van der Waals surface area contributed by atoms with Crippen LogP contribution in [0.3, 0.4) is 0 Å². The van der Waals surface area contributed by atoms with E-state index in [0.717, 1.165) is 5.69 Å². The number of nitrogens with one attached hydrogen (secondary N) is 1. The Morgan fingerprint density at radius 2 is 2.15 bits per heavy atom. The topological polar surface area (TPSA) is 84.9 Å². The standard InChI is InChI=1S/C14H15N3O3/c1-3-20-13(19)8-10-7-12(18)17-14(16-10)11-6-4-5-9(2)15-11/h4-7H,3,8H2,1-2H3,(H,16,17,18). The predicted molar refractivity (Wildman–Crippen MR) is 73.2 cm³/mol. The van der Waals surface area contributed by atoms with Crippen molar-refractivity contribution in [3.8, 4) is 11.5 Å². The van der Waals surface area contributed by atoms with Gasteiger partial charge in [0, 0.05) is 11.8 Å². The molecule has 6 heteroatoms. The van der Waals surface area contributed by atoms with E-state index in [9.17, 15) is 9.59 Å². The van der Waals surface area contributed by atoms with E-state index in [0.29, 0.717) is 23.8 Å². The highest BCUT2D eigenvalue weighted by Gasteiger charge is 2.09. The van der Waals surface area contributed by atoms with Gasteiger partial charge in [0.1, 0.15) is 5.69 Å². The number of hydrogen-bond acceptors (Lipinski definition) is 5. The molecule has 2 rings (SSSR count). The summed E-state index contributed by atoms with van der Waals surface area (Å²) < 4.78 is 4.84. The van der Waals surface area contributed by atoms with E-state index < -0.39 is 5.97 Å². The van der Waals surface area contributed by atoms with E-state index in [2.05, 4.69) is 15.0 Å². The van der Waals surface area contributed by atoms with Gasteiger partial charge in [-0.2, -0.15) is 0 Å². The van der Waals surface area contributed by atoms with Crippen LogP contribution >= 0.6 is 0 Å². The molecule has 2 aromatic heterocycles. The van der Waals surface area contributed by atoms with Gasteiger partial charge >= 0.3 is 5.97 Å². The summed E-state index contributed by atoms with van der Waals surface area (Å²) in [6.07, 6.45) is -0.0312. The van der Waals surface area contributed by atoms with Crippen LogP contribution in [0.15, 0.2) is 29.1 Å². The molecule has 0 unspecified atom stereocenters. The van der Waals surface area contributed by atoms with Crippen molar-refractivity contribution in [1.82, 2.24) is 15.0 Å². The van der Waals surface area contributed by atoms with Crippen LogP contribution in [0.5, 0.6) is 0 Å². The molecule has 0 aliphatic carbocycles. The van der Waals surface area contributed by atoms with Crippen molar-refractivity contribution in [2.45, 2.75) is 20.3 Å². The molecular formula is C14H15N3O3. The van der Waals surface area contributed by atoms with Crippen molar-refractivity contribution < 1.29 is 9.53 Å². The Hall–Kier alpha value is -2.50. The first-order valence-electron chi connectivity index (χ1n) is 6.28. The fraction of sp³-hybridized carbons (Fsp3) is 0.286. The molecule has 0 saturated heterocycles. The van der Waals surface area contributed by atoms with Crippen LogP contribution in [0, 0.1) is 6.92 Å². The number of rotatable bonds is 4. The van der Waals surface area contributed by atoms with Gasteiger partial charge in [0.15, 0.2) is 5.82 Å². The van der Waals surface area contributed by atoms with Gasteiger partial charge in [0.05, 0.1) is 18.7 Å². The molecular weight excluding hydrogens is 258 g/mol. The van der Waals surface area contributed by atoms with E-state index >= 15 is 0 Å². The Balaban J connectivity index is 2.34. The second-order valence-electron chi connectivity index (χ2n) is 4.23. The lowest BCUT2D eigenvalue weighted by atomic mass is 10.2. The highest BCUT2D eigenvalue weighted by molar-refractivity contribution is 5.72. The monoisotopic (exact) mass is 273 g/mol. The predicted octanol–water partition coefficient (Wildman–Crippen LogP) is 1.25. The van der Waals surface area contributed by atoms with Crippen molar-refractivity contribution >= 4 is 5.97 Å². The quantitative estimate of drug-likeness (QED) is 0.847. The van der Waals surface area contributed by atoms with E-state index in [1.807, 2.05) is 19.1 Å². The number of nitrogens with zero attached hydrogens (tertiary/aromatic N) is 2. The molecule has 20 heavy (non-hydrogen) atoms.